The molecule has 0 radical (unpaired) electrons. The van der Waals surface area contributed by atoms with E-state index < -0.39 is 0 Å². The lowest BCUT2D eigenvalue weighted by Gasteiger charge is -2.15. The Labute approximate surface area is 106 Å². The Morgan fingerprint density at radius 2 is 2.06 bits per heavy atom. The second-order valence-corrected chi connectivity index (χ2v) is 5.52. The van der Waals surface area contributed by atoms with E-state index in [-0.39, 0.29) is 0 Å². The largest absolute Gasteiger partial charge is 0.314 e. The summed E-state index contributed by atoms with van der Waals surface area (Å²) in [6.07, 6.45) is 5.26. The molecule has 94 valence electrons. The summed E-state index contributed by atoms with van der Waals surface area (Å²) in [5.74, 6) is 0.782. The van der Waals surface area contributed by atoms with Crippen molar-refractivity contribution in [3.8, 4) is 0 Å². The molecule has 1 aromatic rings. The molecule has 0 aliphatic heterocycles. The Morgan fingerprint density at radius 1 is 1.24 bits per heavy atom. The minimum absolute atomic E-state index is 0.750. The molecule has 2 rings (SSSR count). The lowest BCUT2D eigenvalue weighted by molar-refractivity contribution is 0.517. The van der Waals surface area contributed by atoms with Gasteiger partial charge in [-0.05, 0) is 63.1 Å². The van der Waals surface area contributed by atoms with Crippen molar-refractivity contribution in [1.82, 2.24) is 5.32 Å². The summed E-state index contributed by atoms with van der Waals surface area (Å²) >= 11 is 0. The van der Waals surface area contributed by atoms with Crippen molar-refractivity contribution < 1.29 is 0 Å². The third-order valence-electron chi connectivity index (χ3n) is 3.99. The number of benzene rings is 1. The van der Waals surface area contributed by atoms with Gasteiger partial charge in [0.1, 0.15) is 0 Å². The van der Waals surface area contributed by atoms with Gasteiger partial charge in [-0.25, -0.2) is 0 Å². The molecule has 0 spiro atoms. The third-order valence-corrected chi connectivity index (χ3v) is 3.99. The van der Waals surface area contributed by atoms with E-state index in [1.54, 1.807) is 5.56 Å². The van der Waals surface area contributed by atoms with Crippen molar-refractivity contribution in [2.45, 2.75) is 58.4 Å². The molecule has 1 N–H and O–H groups in total. The molecule has 1 fully saturated rings. The fraction of sp³-hybridized carbons (Fsp3) is 0.625. The van der Waals surface area contributed by atoms with Gasteiger partial charge in [-0.1, -0.05) is 30.7 Å². The number of hydrogen-bond acceptors (Lipinski definition) is 1. The summed E-state index contributed by atoms with van der Waals surface area (Å²) in [6, 6.07) is 7.64. The Bertz CT molecular complexity index is 370. The Hall–Kier alpha value is -0.820. The van der Waals surface area contributed by atoms with Crippen molar-refractivity contribution in [2.75, 3.05) is 6.54 Å². The topological polar surface area (TPSA) is 12.0 Å². The molecule has 0 bridgehead atoms. The summed E-state index contributed by atoms with van der Waals surface area (Å²) in [4.78, 5) is 0. The zero-order valence-electron chi connectivity index (χ0n) is 11.4. The van der Waals surface area contributed by atoms with E-state index >= 15 is 0 Å². The van der Waals surface area contributed by atoms with Crippen molar-refractivity contribution in [3.05, 3.63) is 34.9 Å². The van der Waals surface area contributed by atoms with Crippen molar-refractivity contribution in [3.63, 3.8) is 0 Å². The lowest BCUT2D eigenvalue weighted by atomic mass is 9.92. The second-order valence-electron chi connectivity index (χ2n) is 5.52. The van der Waals surface area contributed by atoms with Crippen LogP contribution >= 0.6 is 0 Å². The van der Waals surface area contributed by atoms with E-state index in [1.807, 2.05) is 0 Å². The summed E-state index contributed by atoms with van der Waals surface area (Å²) in [6.45, 7) is 7.86. The summed E-state index contributed by atoms with van der Waals surface area (Å²) in [7, 11) is 0. The zero-order valence-corrected chi connectivity index (χ0v) is 11.4. The first-order valence-corrected chi connectivity index (χ1v) is 7.01. The van der Waals surface area contributed by atoms with Gasteiger partial charge < -0.3 is 5.32 Å². The third kappa shape index (κ3) is 3.10. The average Bonchev–Trinajstić information content (AvgIpc) is 2.78. The first-order chi connectivity index (χ1) is 8.20. The first-order valence-electron chi connectivity index (χ1n) is 7.01. The first kappa shape index (κ1) is 12.6. The quantitative estimate of drug-likeness (QED) is 0.827. The van der Waals surface area contributed by atoms with Gasteiger partial charge >= 0.3 is 0 Å². The maximum Gasteiger partial charge on any atom is 0.00731 e. The highest BCUT2D eigenvalue weighted by atomic mass is 14.9. The van der Waals surface area contributed by atoms with Crippen LogP contribution in [0.5, 0.6) is 0 Å². The highest BCUT2D eigenvalue weighted by molar-refractivity contribution is 5.34. The van der Waals surface area contributed by atoms with Crippen LogP contribution in [0.4, 0.5) is 0 Å². The van der Waals surface area contributed by atoms with Gasteiger partial charge in [-0.3, -0.25) is 0 Å². The maximum absolute atomic E-state index is 3.67. The Morgan fingerprint density at radius 3 is 2.82 bits per heavy atom. The molecule has 1 heteroatoms. The molecule has 0 saturated heterocycles. The van der Waals surface area contributed by atoms with Crippen molar-refractivity contribution in [1.29, 1.82) is 0 Å². The van der Waals surface area contributed by atoms with E-state index in [2.05, 4.69) is 44.3 Å². The molecule has 1 aliphatic rings. The van der Waals surface area contributed by atoms with E-state index in [4.69, 9.17) is 0 Å². The van der Waals surface area contributed by atoms with Crippen LogP contribution in [-0.2, 0) is 0 Å². The van der Waals surface area contributed by atoms with Crippen LogP contribution in [0.15, 0.2) is 18.2 Å². The Kier molecular flexibility index (Phi) is 4.22. The average molecular weight is 231 g/mol. The lowest BCUT2D eigenvalue weighted by Crippen LogP contribution is -2.26. The molecular weight excluding hydrogens is 206 g/mol. The van der Waals surface area contributed by atoms with E-state index in [9.17, 15) is 0 Å². The molecule has 1 aromatic carbocycles. The molecule has 0 heterocycles. The number of hydrogen-bond donors (Lipinski definition) is 1. The Balaban J connectivity index is 2.02. The van der Waals surface area contributed by atoms with E-state index in [1.165, 1.54) is 43.4 Å². The van der Waals surface area contributed by atoms with Crippen LogP contribution in [0.25, 0.3) is 0 Å². The van der Waals surface area contributed by atoms with Crippen molar-refractivity contribution in [2.24, 2.45) is 0 Å². The number of rotatable bonds is 4. The van der Waals surface area contributed by atoms with E-state index in [0.29, 0.717) is 0 Å². The molecule has 0 aromatic heterocycles. The fourth-order valence-corrected chi connectivity index (χ4v) is 3.00. The number of aryl methyl sites for hydroxylation is 2. The summed E-state index contributed by atoms with van der Waals surface area (Å²) in [5, 5.41) is 3.67. The molecular formula is C16H25N. The predicted molar refractivity (Wildman–Crippen MR) is 74.6 cm³/mol. The minimum atomic E-state index is 0.750. The molecule has 17 heavy (non-hydrogen) atoms. The van der Waals surface area contributed by atoms with Gasteiger partial charge in [0.2, 0.25) is 0 Å². The molecule has 1 aliphatic carbocycles. The monoisotopic (exact) mass is 231 g/mol. The summed E-state index contributed by atoms with van der Waals surface area (Å²) in [5.41, 5.74) is 4.46. The summed E-state index contributed by atoms with van der Waals surface area (Å²) < 4.78 is 0. The molecule has 0 amide bonds. The smallest absolute Gasteiger partial charge is 0.00731 e. The highest BCUT2D eigenvalue weighted by Gasteiger charge is 2.26. The van der Waals surface area contributed by atoms with Crippen molar-refractivity contribution >= 4 is 0 Å². The molecule has 2 unspecified atom stereocenters. The van der Waals surface area contributed by atoms with E-state index in [0.717, 1.165) is 12.0 Å². The molecule has 2 atom stereocenters. The minimum Gasteiger partial charge on any atom is -0.314 e. The fourth-order valence-electron chi connectivity index (χ4n) is 3.00. The van der Waals surface area contributed by atoms with Gasteiger partial charge in [0.05, 0.1) is 0 Å². The predicted octanol–water partition coefficient (Wildman–Crippen LogP) is 3.94. The van der Waals surface area contributed by atoms with Crippen LogP contribution in [0.3, 0.4) is 0 Å². The van der Waals surface area contributed by atoms with Crippen LogP contribution in [0.2, 0.25) is 0 Å². The zero-order chi connectivity index (χ0) is 12.3. The second kappa shape index (κ2) is 5.68. The van der Waals surface area contributed by atoms with Crippen LogP contribution in [-0.4, -0.2) is 12.6 Å². The normalized spacial score (nSPS) is 24.2. The van der Waals surface area contributed by atoms with Gasteiger partial charge in [0.25, 0.3) is 0 Å². The molecule has 1 saturated carbocycles. The SMILES string of the molecule is CCCNC1CCC(c2cc(C)ccc2C)C1. The van der Waals surface area contributed by atoms with Gasteiger partial charge in [-0.2, -0.15) is 0 Å². The highest BCUT2D eigenvalue weighted by Crippen LogP contribution is 2.36. The van der Waals surface area contributed by atoms with Crippen LogP contribution in [0.1, 0.15) is 55.2 Å². The van der Waals surface area contributed by atoms with Crippen LogP contribution < -0.4 is 5.32 Å². The van der Waals surface area contributed by atoms with Gasteiger partial charge in [0.15, 0.2) is 0 Å². The maximum atomic E-state index is 3.67. The standard InChI is InChI=1S/C16H25N/c1-4-9-17-15-8-7-14(11-15)16-10-12(2)5-6-13(16)3/h5-6,10,14-15,17H,4,7-9,11H2,1-3H3. The number of nitrogens with one attached hydrogen (secondary N) is 1. The van der Waals surface area contributed by atoms with Crippen LogP contribution in [0, 0.1) is 13.8 Å². The molecule has 1 nitrogen and oxygen atoms in total. The van der Waals surface area contributed by atoms with Gasteiger partial charge in [-0.15, -0.1) is 0 Å². The van der Waals surface area contributed by atoms with Gasteiger partial charge in [0, 0.05) is 6.04 Å².